The quantitative estimate of drug-likeness (QED) is 0.646. The van der Waals surface area contributed by atoms with E-state index in [0.717, 1.165) is 6.54 Å². The van der Waals surface area contributed by atoms with Crippen LogP contribution in [0.4, 0.5) is 0 Å². The summed E-state index contributed by atoms with van der Waals surface area (Å²) in [5.74, 6) is 0.462. The molecule has 0 unspecified atom stereocenters. The minimum absolute atomic E-state index is 0.0603. The fourth-order valence-corrected chi connectivity index (χ4v) is 1.16. The van der Waals surface area contributed by atoms with Gasteiger partial charge < -0.3 is 10.1 Å². The Hall–Kier alpha value is -1.51. The van der Waals surface area contributed by atoms with Crippen LogP contribution < -0.4 is 5.32 Å². The van der Waals surface area contributed by atoms with Crippen molar-refractivity contribution >= 4 is 5.78 Å². The zero-order valence-corrected chi connectivity index (χ0v) is 7.72. The Morgan fingerprint density at radius 3 is 2.85 bits per heavy atom. The second-order valence-corrected chi connectivity index (χ2v) is 2.76. The van der Waals surface area contributed by atoms with E-state index in [4.69, 9.17) is 4.74 Å². The molecule has 1 aliphatic heterocycles. The first kappa shape index (κ1) is 9.58. The fraction of sp³-hybridized carbons (Fsp3) is 0.300. The van der Waals surface area contributed by atoms with Crippen molar-refractivity contribution in [2.45, 2.75) is 6.92 Å². The van der Waals surface area contributed by atoms with Crippen LogP contribution in [0.25, 0.3) is 0 Å². The standard InChI is InChI=1S/C10H13NO2/c1-4-9(8(3)12)10-7(2)11-5-6-13-10/h4,11H,1-2,5-6H2,3H3/b10-9-. The third-order valence-electron chi connectivity index (χ3n) is 1.79. The number of Topliss-reactive ketones (excluding diaryl/α,β-unsaturated/α-hetero) is 1. The highest BCUT2D eigenvalue weighted by Crippen LogP contribution is 2.17. The van der Waals surface area contributed by atoms with Gasteiger partial charge in [-0.1, -0.05) is 19.2 Å². The van der Waals surface area contributed by atoms with E-state index in [1.807, 2.05) is 0 Å². The van der Waals surface area contributed by atoms with E-state index in [9.17, 15) is 4.79 Å². The smallest absolute Gasteiger partial charge is 0.163 e. The molecular formula is C10H13NO2. The van der Waals surface area contributed by atoms with Crippen LogP contribution in [0.1, 0.15) is 6.92 Å². The molecule has 13 heavy (non-hydrogen) atoms. The Labute approximate surface area is 77.8 Å². The molecule has 0 saturated carbocycles. The molecule has 3 heteroatoms. The lowest BCUT2D eigenvalue weighted by Gasteiger charge is -2.22. The molecule has 0 aromatic rings. The van der Waals surface area contributed by atoms with E-state index in [0.29, 0.717) is 23.6 Å². The van der Waals surface area contributed by atoms with Crippen molar-refractivity contribution < 1.29 is 9.53 Å². The van der Waals surface area contributed by atoms with Crippen molar-refractivity contribution in [2.24, 2.45) is 0 Å². The molecule has 3 nitrogen and oxygen atoms in total. The summed E-state index contributed by atoms with van der Waals surface area (Å²) in [6.45, 7) is 10.1. The number of carbonyl (C=O) groups is 1. The maximum Gasteiger partial charge on any atom is 0.163 e. The molecule has 1 N–H and O–H groups in total. The molecule has 0 aromatic carbocycles. The lowest BCUT2D eigenvalue weighted by Crippen LogP contribution is -2.28. The molecule has 0 spiro atoms. The highest BCUT2D eigenvalue weighted by molar-refractivity contribution is 5.97. The number of hydrogen-bond donors (Lipinski definition) is 1. The third-order valence-corrected chi connectivity index (χ3v) is 1.79. The molecule has 0 aliphatic carbocycles. The van der Waals surface area contributed by atoms with E-state index in [1.165, 1.54) is 13.0 Å². The van der Waals surface area contributed by atoms with Crippen LogP contribution in [0, 0.1) is 0 Å². The van der Waals surface area contributed by atoms with E-state index in [-0.39, 0.29) is 5.78 Å². The molecule has 0 radical (unpaired) electrons. The molecule has 70 valence electrons. The normalized spacial score (nSPS) is 19.9. The minimum atomic E-state index is -0.0603. The van der Waals surface area contributed by atoms with Gasteiger partial charge >= 0.3 is 0 Å². The number of carbonyl (C=O) groups excluding carboxylic acids is 1. The van der Waals surface area contributed by atoms with Crippen LogP contribution in [0.5, 0.6) is 0 Å². The molecule has 1 heterocycles. The van der Waals surface area contributed by atoms with Crippen LogP contribution in [0.2, 0.25) is 0 Å². The number of ketones is 1. The summed E-state index contributed by atoms with van der Waals surface area (Å²) < 4.78 is 5.33. The molecule has 0 bridgehead atoms. The molecule has 1 rings (SSSR count). The van der Waals surface area contributed by atoms with Crippen molar-refractivity contribution in [3.05, 3.63) is 36.3 Å². The Kier molecular flexibility index (Phi) is 2.90. The number of hydrogen-bond acceptors (Lipinski definition) is 3. The zero-order valence-electron chi connectivity index (χ0n) is 7.72. The zero-order chi connectivity index (χ0) is 9.84. The molecule has 0 atom stereocenters. The first-order chi connectivity index (χ1) is 6.16. The van der Waals surface area contributed by atoms with Gasteiger partial charge in [0.25, 0.3) is 0 Å². The predicted octanol–water partition coefficient (Wildman–Crippen LogP) is 1.15. The lowest BCUT2D eigenvalue weighted by molar-refractivity contribution is -0.113. The maximum atomic E-state index is 11.1. The largest absolute Gasteiger partial charge is 0.489 e. The summed E-state index contributed by atoms with van der Waals surface area (Å²) in [4.78, 5) is 11.1. The number of rotatable bonds is 2. The van der Waals surface area contributed by atoms with E-state index in [2.05, 4.69) is 18.5 Å². The fourth-order valence-electron chi connectivity index (χ4n) is 1.16. The van der Waals surface area contributed by atoms with Gasteiger partial charge in [-0.2, -0.15) is 0 Å². The highest BCUT2D eigenvalue weighted by atomic mass is 16.5. The molecular weight excluding hydrogens is 166 g/mol. The maximum absolute atomic E-state index is 11.1. The van der Waals surface area contributed by atoms with Crippen molar-refractivity contribution in [3.63, 3.8) is 0 Å². The SMILES string of the molecule is C=C/C(C(C)=O)=C1/OCCNC1=C. The van der Waals surface area contributed by atoms with Crippen LogP contribution in [0.3, 0.4) is 0 Å². The van der Waals surface area contributed by atoms with Crippen LogP contribution in [0.15, 0.2) is 36.3 Å². The Balaban J connectivity index is 3.03. The number of nitrogens with one attached hydrogen (secondary N) is 1. The van der Waals surface area contributed by atoms with Crippen LogP contribution >= 0.6 is 0 Å². The van der Waals surface area contributed by atoms with Crippen molar-refractivity contribution in [2.75, 3.05) is 13.2 Å². The Morgan fingerprint density at radius 1 is 1.69 bits per heavy atom. The lowest BCUT2D eigenvalue weighted by atomic mass is 10.1. The third kappa shape index (κ3) is 1.99. The van der Waals surface area contributed by atoms with Gasteiger partial charge in [0, 0.05) is 6.54 Å². The second kappa shape index (κ2) is 3.94. The van der Waals surface area contributed by atoms with Gasteiger partial charge in [0.2, 0.25) is 0 Å². The first-order valence-electron chi connectivity index (χ1n) is 4.10. The van der Waals surface area contributed by atoms with Gasteiger partial charge in [0.05, 0.1) is 11.3 Å². The topological polar surface area (TPSA) is 38.3 Å². The van der Waals surface area contributed by atoms with E-state index < -0.39 is 0 Å². The first-order valence-corrected chi connectivity index (χ1v) is 4.10. The number of morpholine rings is 1. The van der Waals surface area contributed by atoms with Crippen molar-refractivity contribution in [3.8, 4) is 0 Å². The monoisotopic (exact) mass is 179 g/mol. The summed E-state index contributed by atoms with van der Waals surface area (Å²) in [6.07, 6.45) is 1.50. The molecule has 1 aliphatic rings. The molecule has 0 amide bonds. The summed E-state index contributed by atoms with van der Waals surface area (Å²) in [5, 5.41) is 3.02. The van der Waals surface area contributed by atoms with Crippen molar-refractivity contribution in [1.29, 1.82) is 0 Å². The van der Waals surface area contributed by atoms with Gasteiger partial charge in [0.1, 0.15) is 6.61 Å². The summed E-state index contributed by atoms with van der Waals surface area (Å²) in [5.41, 5.74) is 1.13. The van der Waals surface area contributed by atoms with Crippen LogP contribution in [-0.4, -0.2) is 18.9 Å². The minimum Gasteiger partial charge on any atom is -0.489 e. The molecule has 0 aromatic heterocycles. The summed E-state index contributed by atoms with van der Waals surface area (Å²) in [7, 11) is 0. The summed E-state index contributed by atoms with van der Waals surface area (Å²) in [6, 6.07) is 0. The molecule has 1 saturated heterocycles. The Morgan fingerprint density at radius 2 is 2.38 bits per heavy atom. The Bertz CT molecular complexity index is 289. The highest BCUT2D eigenvalue weighted by Gasteiger charge is 2.16. The number of ether oxygens (including phenoxy) is 1. The average molecular weight is 179 g/mol. The second-order valence-electron chi connectivity index (χ2n) is 2.76. The summed E-state index contributed by atoms with van der Waals surface area (Å²) >= 11 is 0. The van der Waals surface area contributed by atoms with Crippen molar-refractivity contribution in [1.82, 2.24) is 5.32 Å². The van der Waals surface area contributed by atoms with Gasteiger partial charge in [-0.25, -0.2) is 0 Å². The van der Waals surface area contributed by atoms with E-state index >= 15 is 0 Å². The van der Waals surface area contributed by atoms with Gasteiger partial charge in [-0.05, 0) is 6.92 Å². The predicted molar refractivity (Wildman–Crippen MR) is 51.0 cm³/mol. The van der Waals surface area contributed by atoms with Gasteiger partial charge in [0.15, 0.2) is 11.5 Å². The van der Waals surface area contributed by atoms with Gasteiger partial charge in [-0.3, -0.25) is 4.79 Å². The number of allylic oxidation sites excluding steroid dienone is 2. The van der Waals surface area contributed by atoms with Gasteiger partial charge in [-0.15, -0.1) is 0 Å². The average Bonchev–Trinajstić information content (AvgIpc) is 2.09. The van der Waals surface area contributed by atoms with Crippen LogP contribution in [-0.2, 0) is 9.53 Å². The van der Waals surface area contributed by atoms with E-state index in [1.54, 1.807) is 0 Å². The molecule has 1 fully saturated rings.